The van der Waals surface area contributed by atoms with Crippen molar-refractivity contribution in [2.24, 2.45) is 0 Å². The molecule has 0 saturated carbocycles. The van der Waals surface area contributed by atoms with Crippen molar-refractivity contribution < 1.29 is 4.79 Å². The molecule has 0 spiro atoms. The Hall–Kier alpha value is -0.530. The maximum absolute atomic E-state index is 11.1. The highest BCUT2D eigenvalue weighted by Crippen LogP contribution is 2.21. The first kappa shape index (κ1) is 11.5. The van der Waals surface area contributed by atoms with E-state index in [9.17, 15) is 4.79 Å². The van der Waals surface area contributed by atoms with Crippen molar-refractivity contribution in [1.82, 2.24) is 0 Å². The second-order valence-electron chi connectivity index (χ2n) is 3.13. The van der Waals surface area contributed by atoms with Crippen LogP contribution >= 0.6 is 23.2 Å². The number of benzene rings is 1. The Morgan fingerprint density at radius 2 is 2.07 bits per heavy atom. The van der Waals surface area contributed by atoms with Crippen LogP contribution in [-0.2, 0) is 11.2 Å². The second kappa shape index (κ2) is 5.38. The molecule has 1 aromatic rings. The van der Waals surface area contributed by atoms with Gasteiger partial charge in [0.25, 0.3) is 0 Å². The van der Waals surface area contributed by atoms with Crippen molar-refractivity contribution >= 4 is 29.0 Å². The maximum Gasteiger partial charge on any atom is 0.132 e. The van der Waals surface area contributed by atoms with Gasteiger partial charge in [0.05, 0.1) is 0 Å². The lowest BCUT2D eigenvalue weighted by atomic mass is 10.1. The highest BCUT2D eigenvalue weighted by atomic mass is 35.5. The first-order chi connectivity index (χ1) is 6.63. The maximum atomic E-state index is 11.1. The molecule has 0 N–H and O–H groups in total. The molecule has 0 aliphatic carbocycles. The molecule has 1 rings (SSSR count). The molecule has 0 fully saturated rings. The van der Waals surface area contributed by atoms with Crippen LogP contribution in [0, 0.1) is 0 Å². The van der Waals surface area contributed by atoms with Gasteiger partial charge in [-0.3, -0.25) is 4.79 Å². The van der Waals surface area contributed by atoms with Gasteiger partial charge in [0.15, 0.2) is 0 Å². The van der Waals surface area contributed by atoms with Crippen LogP contribution in [0.3, 0.4) is 0 Å². The number of rotatable bonds is 4. The number of hydrogen-bond acceptors (Lipinski definition) is 1. The fourth-order valence-electron chi connectivity index (χ4n) is 1.19. The average Bonchev–Trinajstić information content (AvgIpc) is 2.19. The van der Waals surface area contributed by atoms with E-state index in [0.717, 1.165) is 5.56 Å². The molecule has 0 bridgehead atoms. The van der Waals surface area contributed by atoms with Crippen molar-refractivity contribution in [2.45, 2.75) is 26.2 Å². The minimum Gasteiger partial charge on any atom is -0.300 e. The third-order valence-corrected chi connectivity index (χ3v) is 2.68. The van der Waals surface area contributed by atoms with Crippen LogP contribution in [0.5, 0.6) is 0 Å². The van der Waals surface area contributed by atoms with Gasteiger partial charge in [-0.15, -0.1) is 0 Å². The highest BCUT2D eigenvalue weighted by Gasteiger charge is 2.04. The number of Topliss-reactive ketones (excluding diaryl/α,β-unsaturated/α-hetero) is 1. The van der Waals surface area contributed by atoms with E-state index in [1.54, 1.807) is 12.1 Å². The molecule has 76 valence electrons. The molecule has 1 nitrogen and oxygen atoms in total. The van der Waals surface area contributed by atoms with Gasteiger partial charge < -0.3 is 0 Å². The molecule has 0 atom stereocenters. The van der Waals surface area contributed by atoms with Gasteiger partial charge in [-0.05, 0) is 30.2 Å². The van der Waals surface area contributed by atoms with Crippen LogP contribution < -0.4 is 0 Å². The molecule has 0 aromatic heterocycles. The largest absolute Gasteiger partial charge is 0.300 e. The van der Waals surface area contributed by atoms with Crippen molar-refractivity contribution in [3.05, 3.63) is 33.8 Å². The molecule has 0 aliphatic heterocycles. The molecular weight excluding hydrogens is 219 g/mol. The monoisotopic (exact) mass is 230 g/mol. The number of carbonyl (C=O) groups is 1. The van der Waals surface area contributed by atoms with Crippen molar-refractivity contribution in [1.29, 1.82) is 0 Å². The quantitative estimate of drug-likeness (QED) is 0.767. The van der Waals surface area contributed by atoms with Gasteiger partial charge in [0.2, 0.25) is 0 Å². The van der Waals surface area contributed by atoms with Crippen LogP contribution in [0.2, 0.25) is 10.0 Å². The number of carbonyl (C=O) groups excluding carboxylic acids is 1. The van der Waals surface area contributed by atoms with Crippen LogP contribution in [0.1, 0.15) is 25.3 Å². The van der Waals surface area contributed by atoms with E-state index in [0.29, 0.717) is 29.3 Å². The van der Waals surface area contributed by atoms with E-state index in [-0.39, 0.29) is 5.78 Å². The zero-order valence-corrected chi connectivity index (χ0v) is 9.53. The molecule has 0 saturated heterocycles. The van der Waals surface area contributed by atoms with Crippen LogP contribution in [-0.4, -0.2) is 5.78 Å². The van der Waals surface area contributed by atoms with Crippen LogP contribution in [0.25, 0.3) is 0 Å². The van der Waals surface area contributed by atoms with Gasteiger partial charge in [-0.2, -0.15) is 0 Å². The lowest BCUT2D eigenvalue weighted by Gasteiger charge is -2.03. The number of ketones is 1. The summed E-state index contributed by atoms with van der Waals surface area (Å²) in [4.78, 5) is 11.1. The molecule has 0 unspecified atom stereocenters. The Morgan fingerprint density at radius 1 is 1.36 bits per heavy atom. The SMILES string of the molecule is CCC(=O)CCc1cc(Cl)ccc1Cl. The summed E-state index contributed by atoms with van der Waals surface area (Å²) in [6.45, 7) is 1.86. The first-order valence-corrected chi connectivity index (χ1v) is 5.34. The molecule has 14 heavy (non-hydrogen) atoms. The lowest BCUT2D eigenvalue weighted by molar-refractivity contribution is -0.118. The van der Waals surface area contributed by atoms with Crippen LogP contribution in [0.4, 0.5) is 0 Å². The Bertz CT molecular complexity index is 334. The molecule has 0 radical (unpaired) electrons. The average molecular weight is 231 g/mol. The Balaban J connectivity index is 2.66. The van der Waals surface area contributed by atoms with Crippen molar-refractivity contribution in [2.75, 3.05) is 0 Å². The van der Waals surface area contributed by atoms with Crippen molar-refractivity contribution in [3.8, 4) is 0 Å². The Morgan fingerprint density at radius 3 is 2.71 bits per heavy atom. The second-order valence-corrected chi connectivity index (χ2v) is 3.97. The van der Waals surface area contributed by atoms with E-state index >= 15 is 0 Å². The standard InChI is InChI=1S/C11H12Cl2O/c1-2-10(14)5-3-8-7-9(12)4-6-11(8)13/h4,6-7H,2-3,5H2,1H3. The summed E-state index contributed by atoms with van der Waals surface area (Å²) in [7, 11) is 0. The zero-order valence-electron chi connectivity index (χ0n) is 8.02. The third kappa shape index (κ3) is 3.32. The highest BCUT2D eigenvalue weighted by molar-refractivity contribution is 6.33. The normalized spacial score (nSPS) is 10.2. The minimum atomic E-state index is 0.251. The van der Waals surface area contributed by atoms with E-state index in [1.807, 2.05) is 13.0 Å². The van der Waals surface area contributed by atoms with Gasteiger partial charge in [-0.25, -0.2) is 0 Å². The summed E-state index contributed by atoms with van der Waals surface area (Å²) < 4.78 is 0. The summed E-state index contributed by atoms with van der Waals surface area (Å²) in [5, 5.41) is 1.34. The topological polar surface area (TPSA) is 17.1 Å². The van der Waals surface area contributed by atoms with Gasteiger partial charge in [0.1, 0.15) is 5.78 Å². The fourth-order valence-corrected chi connectivity index (χ4v) is 1.59. The van der Waals surface area contributed by atoms with Crippen molar-refractivity contribution in [3.63, 3.8) is 0 Å². The molecule has 3 heteroatoms. The van der Waals surface area contributed by atoms with Gasteiger partial charge in [-0.1, -0.05) is 30.1 Å². The molecular formula is C11H12Cl2O. The third-order valence-electron chi connectivity index (χ3n) is 2.08. The summed E-state index contributed by atoms with van der Waals surface area (Å²) in [6, 6.07) is 5.32. The number of hydrogen-bond donors (Lipinski definition) is 0. The number of halogens is 2. The lowest BCUT2D eigenvalue weighted by Crippen LogP contribution is -1.98. The Labute approximate surface area is 94.0 Å². The summed E-state index contributed by atoms with van der Waals surface area (Å²) in [5.41, 5.74) is 0.945. The van der Waals surface area contributed by atoms with E-state index < -0.39 is 0 Å². The summed E-state index contributed by atoms with van der Waals surface area (Å²) in [6.07, 6.45) is 1.79. The van der Waals surface area contributed by atoms with E-state index in [2.05, 4.69) is 0 Å². The zero-order chi connectivity index (χ0) is 10.6. The summed E-state index contributed by atoms with van der Waals surface area (Å²) >= 11 is 11.8. The fraction of sp³-hybridized carbons (Fsp3) is 0.364. The van der Waals surface area contributed by atoms with Gasteiger partial charge >= 0.3 is 0 Å². The molecule has 1 aromatic carbocycles. The van der Waals surface area contributed by atoms with Crippen LogP contribution in [0.15, 0.2) is 18.2 Å². The van der Waals surface area contributed by atoms with Gasteiger partial charge in [0, 0.05) is 22.9 Å². The van der Waals surface area contributed by atoms with E-state index in [4.69, 9.17) is 23.2 Å². The number of aryl methyl sites for hydroxylation is 1. The smallest absolute Gasteiger partial charge is 0.132 e. The Kier molecular flexibility index (Phi) is 4.43. The predicted molar refractivity (Wildman–Crippen MR) is 60.1 cm³/mol. The summed E-state index contributed by atoms with van der Waals surface area (Å²) in [5.74, 6) is 0.251. The molecule has 0 aliphatic rings. The minimum absolute atomic E-state index is 0.251. The molecule has 0 amide bonds. The predicted octanol–water partition coefficient (Wildman–Crippen LogP) is 3.91. The van der Waals surface area contributed by atoms with E-state index in [1.165, 1.54) is 0 Å². The first-order valence-electron chi connectivity index (χ1n) is 4.59. The molecule has 0 heterocycles.